The van der Waals surface area contributed by atoms with Crippen LogP contribution in [0.25, 0.3) is 0 Å². The van der Waals surface area contributed by atoms with Gasteiger partial charge in [0.1, 0.15) is 5.75 Å². The van der Waals surface area contributed by atoms with Gasteiger partial charge in [0.25, 0.3) is 0 Å². The summed E-state index contributed by atoms with van der Waals surface area (Å²) in [6.07, 6.45) is 2.29. The SMILES string of the molecule is CCCCOc1ccccc1CNC(C)C. The van der Waals surface area contributed by atoms with Crippen LogP contribution >= 0.6 is 0 Å². The molecule has 0 saturated heterocycles. The molecule has 0 atom stereocenters. The molecular weight excluding hydrogens is 198 g/mol. The van der Waals surface area contributed by atoms with Gasteiger partial charge in [-0.05, 0) is 12.5 Å². The van der Waals surface area contributed by atoms with Crippen molar-refractivity contribution in [2.24, 2.45) is 0 Å². The largest absolute Gasteiger partial charge is 0.493 e. The first-order valence-corrected chi connectivity index (χ1v) is 6.18. The average molecular weight is 221 g/mol. The maximum Gasteiger partial charge on any atom is 0.123 e. The molecule has 0 heterocycles. The molecule has 1 rings (SSSR count). The van der Waals surface area contributed by atoms with E-state index in [1.807, 2.05) is 12.1 Å². The van der Waals surface area contributed by atoms with E-state index in [2.05, 4.69) is 38.2 Å². The number of para-hydroxylation sites is 1. The molecule has 0 aliphatic rings. The molecular formula is C14H23NO. The van der Waals surface area contributed by atoms with Crippen LogP contribution in [0, 0.1) is 0 Å². The van der Waals surface area contributed by atoms with E-state index >= 15 is 0 Å². The smallest absolute Gasteiger partial charge is 0.123 e. The molecule has 1 aromatic carbocycles. The molecule has 90 valence electrons. The van der Waals surface area contributed by atoms with Gasteiger partial charge in [-0.3, -0.25) is 0 Å². The molecule has 0 radical (unpaired) electrons. The molecule has 0 aliphatic carbocycles. The molecule has 2 nitrogen and oxygen atoms in total. The molecule has 0 aliphatic heterocycles. The van der Waals surface area contributed by atoms with E-state index in [0.29, 0.717) is 6.04 Å². The van der Waals surface area contributed by atoms with Crippen LogP contribution in [0.5, 0.6) is 5.75 Å². The summed E-state index contributed by atoms with van der Waals surface area (Å²) in [6.45, 7) is 8.17. The molecule has 1 N–H and O–H groups in total. The van der Waals surface area contributed by atoms with Crippen molar-refractivity contribution in [3.8, 4) is 5.75 Å². The minimum atomic E-state index is 0.503. The number of rotatable bonds is 7. The van der Waals surface area contributed by atoms with Gasteiger partial charge in [-0.25, -0.2) is 0 Å². The van der Waals surface area contributed by atoms with Crippen molar-refractivity contribution in [3.05, 3.63) is 29.8 Å². The molecule has 16 heavy (non-hydrogen) atoms. The van der Waals surface area contributed by atoms with Crippen molar-refractivity contribution in [2.45, 2.75) is 46.2 Å². The Hall–Kier alpha value is -1.02. The second-order valence-electron chi connectivity index (χ2n) is 4.35. The summed E-state index contributed by atoms with van der Waals surface area (Å²) in [7, 11) is 0. The lowest BCUT2D eigenvalue weighted by atomic mass is 10.2. The first-order valence-electron chi connectivity index (χ1n) is 6.18. The van der Waals surface area contributed by atoms with Crippen molar-refractivity contribution in [1.29, 1.82) is 0 Å². The summed E-state index contributed by atoms with van der Waals surface area (Å²) in [5.41, 5.74) is 1.24. The van der Waals surface area contributed by atoms with Crippen LogP contribution in [0.3, 0.4) is 0 Å². The quantitative estimate of drug-likeness (QED) is 0.713. The summed E-state index contributed by atoms with van der Waals surface area (Å²) < 4.78 is 5.77. The minimum Gasteiger partial charge on any atom is -0.493 e. The van der Waals surface area contributed by atoms with Gasteiger partial charge in [0, 0.05) is 18.2 Å². The van der Waals surface area contributed by atoms with Gasteiger partial charge in [0.15, 0.2) is 0 Å². The Labute approximate surface area is 99.0 Å². The fraction of sp³-hybridized carbons (Fsp3) is 0.571. The molecule has 0 bridgehead atoms. The Morgan fingerprint density at radius 1 is 1.25 bits per heavy atom. The second kappa shape index (κ2) is 7.29. The summed E-state index contributed by atoms with van der Waals surface area (Å²) in [4.78, 5) is 0. The number of nitrogens with one attached hydrogen (secondary N) is 1. The number of ether oxygens (including phenoxy) is 1. The van der Waals surface area contributed by atoms with Gasteiger partial charge in [-0.2, -0.15) is 0 Å². The van der Waals surface area contributed by atoms with E-state index in [4.69, 9.17) is 4.74 Å². The van der Waals surface area contributed by atoms with Crippen LogP contribution in [0.15, 0.2) is 24.3 Å². The molecule has 0 aromatic heterocycles. The molecule has 0 spiro atoms. The predicted molar refractivity (Wildman–Crippen MR) is 68.8 cm³/mol. The molecule has 0 amide bonds. The van der Waals surface area contributed by atoms with E-state index < -0.39 is 0 Å². The number of hydrogen-bond donors (Lipinski definition) is 1. The monoisotopic (exact) mass is 221 g/mol. The Kier molecular flexibility index (Phi) is 5.94. The first-order chi connectivity index (χ1) is 7.74. The summed E-state index contributed by atoms with van der Waals surface area (Å²) in [5.74, 6) is 1.02. The van der Waals surface area contributed by atoms with Crippen LogP contribution in [-0.4, -0.2) is 12.6 Å². The molecule has 0 fully saturated rings. The van der Waals surface area contributed by atoms with Crippen molar-refractivity contribution in [2.75, 3.05) is 6.61 Å². The lowest BCUT2D eigenvalue weighted by Gasteiger charge is -2.13. The van der Waals surface area contributed by atoms with Gasteiger partial charge >= 0.3 is 0 Å². The Morgan fingerprint density at radius 2 is 2.00 bits per heavy atom. The van der Waals surface area contributed by atoms with Gasteiger partial charge in [-0.15, -0.1) is 0 Å². The molecule has 0 unspecified atom stereocenters. The van der Waals surface area contributed by atoms with Crippen LogP contribution in [-0.2, 0) is 6.54 Å². The highest BCUT2D eigenvalue weighted by molar-refractivity contribution is 5.33. The third-order valence-electron chi connectivity index (χ3n) is 2.43. The Bertz CT molecular complexity index is 297. The zero-order valence-electron chi connectivity index (χ0n) is 10.6. The lowest BCUT2D eigenvalue weighted by molar-refractivity contribution is 0.305. The van der Waals surface area contributed by atoms with E-state index in [-0.39, 0.29) is 0 Å². The summed E-state index contributed by atoms with van der Waals surface area (Å²) in [6, 6.07) is 8.76. The maximum absolute atomic E-state index is 5.77. The average Bonchev–Trinajstić information content (AvgIpc) is 2.28. The lowest BCUT2D eigenvalue weighted by Crippen LogP contribution is -2.22. The predicted octanol–water partition coefficient (Wildman–Crippen LogP) is 3.36. The van der Waals surface area contributed by atoms with Crippen LogP contribution in [0.2, 0.25) is 0 Å². The topological polar surface area (TPSA) is 21.3 Å². The van der Waals surface area contributed by atoms with Crippen molar-refractivity contribution in [1.82, 2.24) is 5.32 Å². The maximum atomic E-state index is 5.77. The standard InChI is InChI=1S/C14H23NO/c1-4-5-10-16-14-9-7-6-8-13(14)11-15-12(2)3/h6-9,12,15H,4-5,10-11H2,1-3H3. The third-order valence-corrected chi connectivity index (χ3v) is 2.43. The van der Waals surface area contributed by atoms with Crippen molar-refractivity contribution >= 4 is 0 Å². The van der Waals surface area contributed by atoms with E-state index in [1.165, 1.54) is 12.0 Å². The molecule has 2 heteroatoms. The fourth-order valence-electron chi connectivity index (χ4n) is 1.43. The van der Waals surface area contributed by atoms with Crippen LogP contribution in [0.4, 0.5) is 0 Å². The van der Waals surface area contributed by atoms with Crippen molar-refractivity contribution < 1.29 is 4.74 Å². The van der Waals surface area contributed by atoms with E-state index in [9.17, 15) is 0 Å². The molecule has 1 aromatic rings. The van der Waals surface area contributed by atoms with Gasteiger partial charge in [0.2, 0.25) is 0 Å². The minimum absolute atomic E-state index is 0.503. The zero-order chi connectivity index (χ0) is 11.8. The van der Waals surface area contributed by atoms with E-state index in [0.717, 1.165) is 25.3 Å². The number of benzene rings is 1. The number of unbranched alkanes of at least 4 members (excludes halogenated alkanes) is 1. The Morgan fingerprint density at radius 3 is 2.69 bits per heavy atom. The van der Waals surface area contributed by atoms with Gasteiger partial charge in [-0.1, -0.05) is 45.4 Å². The number of hydrogen-bond acceptors (Lipinski definition) is 2. The summed E-state index contributed by atoms with van der Waals surface area (Å²) in [5, 5.41) is 3.41. The van der Waals surface area contributed by atoms with Crippen molar-refractivity contribution in [3.63, 3.8) is 0 Å². The van der Waals surface area contributed by atoms with E-state index in [1.54, 1.807) is 0 Å². The Balaban J connectivity index is 2.53. The third kappa shape index (κ3) is 4.67. The van der Waals surface area contributed by atoms with Crippen LogP contribution in [0.1, 0.15) is 39.2 Å². The van der Waals surface area contributed by atoms with Gasteiger partial charge in [0.05, 0.1) is 6.61 Å². The zero-order valence-corrected chi connectivity index (χ0v) is 10.6. The highest BCUT2D eigenvalue weighted by Crippen LogP contribution is 2.18. The second-order valence-corrected chi connectivity index (χ2v) is 4.35. The summed E-state index contributed by atoms with van der Waals surface area (Å²) >= 11 is 0. The van der Waals surface area contributed by atoms with Gasteiger partial charge < -0.3 is 10.1 Å². The highest BCUT2D eigenvalue weighted by Gasteiger charge is 2.02. The molecule has 0 saturated carbocycles. The fourth-order valence-corrected chi connectivity index (χ4v) is 1.43. The normalized spacial score (nSPS) is 10.8. The first kappa shape index (κ1) is 13.0. The highest BCUT2D eigenvalue weighted by atomic mass is 16.5. The van der Waals surface area contributed by atoms with Crippen LogP contribution < -0.4 is 10.1 Å².